The van der Waals surface area contributed by atoms with Crippen LogP contribution < -0.4 is 4.90 Å². The topological polar surface area (TPSA) is 33.2 Å². The number of amides is 1. The van der Waals surface area contributed by atoms with Crippen LogP contribution >= 0.6 is 11.3 Å². The van der Waals surface area contributed by atoms with Crippen molar-refractivity contribution >= 4 is 22.9 Å². The van der Waals surface area contributed by atoms with Gasteiger partial charge in [-0.25, -0.2) is 4.98 Å². The number of anilines is 1. The highest BCUT2D eigenvalue weighted by Crippen LogP contribution is 2.29. The highest BCUT2D eigenvalue weighted by atomic mass is 32.1. The Hall–Kier alpha value is -2.46. The van der Waals surface area contributed by atoms with Crippen molar-refractivity contribution in [2.24, 2.45) is 0 Å². The number of rotatable bonds is 3. The summed E-state index contributed by atoms with van der Waals surface area (Å²) in [5.41, 5.74) is 2.69. The minimum Gasteiger partial charge on any atom is -0.311 e. The third-order valence-corrected chi connectivity index (χ3v) is 4.65. The van der Waals surface area contributed by atoms with Crippen LogP contribution in [-0.4, -0.2) is 17.9 Å². The van der Waals surface area contributed by atoms with E-state index < -0.39 is 0 Å². The lowest BCUT2D eigenvalue weighted by Gasteiger charge is -2.16. The molecule has 0 aliphatic rings. The molecule has 1 amide bonds. The highest BCUT2D eigenvalue weighted by molar-refractivity contribution is 7.17. The Labute approximate surface area is 133 Å². The lowest BCUT2D eigenvalue weighted by molar-refractivity contribution is 0.0996. The first-order valence-electron chi connectivity index (χ1n) is 7.03. The van der Waals surface area contributed by atoms with Gasteiger partial charge in [-0.15, -0.1) is 11.3 Å². The molecule has 0 spiro atoms. The van der Waals surface area contributed by atoms with Gasteiger partial charge < -0.3 is 4.90 Å². The summed E-state index contributed by atoms with van der Waals surface area (Å²) in [6.45, 7) is 1.88. The minimum atomic E-state index is -0.0246. The number of aromatic nitrogens is 1. The maximum absolute atomic E-state index is 12.7. The molecule has 0 fully saturated rings. The Morgan fingerprint density at radius 1 is 1.00 bits per heavy atom. The van der Waals surface area contributed by atoms with Crippen LogP contribution in [0, 0.1) is 6.92 Å². The number of nitrogens with zero attached hydrogens (tertiary/aromatic N) is 2. The second kappa shape index (κ2) is 6.12. The summed E-state index contributed by atoms with van der Waals surface area (Å²) in [5.74, 6) is -0.0246. The van der Waals surface area contributed by atoms with Crippen molar-refractivity contribution in [2.45, 2.75) is 6.92 Å². The van der Waals surface area contributed by atoms with E-state index >= 15 is 0 Å². The summed E-state index contributed by atoms with van der Waals surface area (Å²) >= 11 is 1.44. The van der Waals surface area contributed by atoms with Crippen LogP contribution in [0.1, 0.15) is 15.4 Å². The van der Waals surface area contributed by atoms with Crippen LogP contribution in [0.4, 0.5) is 5.69 Å². The number of carbonyl (C=O) groups is 1. The normalized spacial score (nSPS) is 10.5. The quantitative estimate of drug-likeness (QED) is 0.718. The van der Waals surface area contributed by atoms with E-state index in [-0.39, 0.29) is 5.91 Å². The second-order valence-corrected chi connectivity index (χ2v) is 6.00. The van der Waals surface area contributed by atoms with Gasteiger partial charge in [-0.2, -0.15) is 0 Å². The maximum atomic E-state index is 12.7. The van der Waals surface area contributed by atoms with Gasteiger partial charge in [0, 0.05) is 18.3 Å². The van der Waals surface area contributed by atoms with Crippen molar-refractivity contribution in [1.82, 2.24) is 4.98 Å². The van der Waals surface area contributed by atoms with Gasteiger partial charge in [0.15, 0.2) is 0 Å². The largest absolute Gasteiger partial charge is 0.311 e. The Morgan fingerprint density at radius 2 is 1.59 bits per heavy atom. The smallest absolute Gasteiger partial charge is 0.270 e. The Kier molecular flexibility index (Phi) is 4.02. The van der Waals surface area contributed by atoms with E-state index in [0.29, 0.717) is 4.88 Å². The molecule has 0 unspecified atom stereocenters. The molecule has 0 saturated heterocycles. The number of thiazole rings is 1. The minimum absolute atomic E-state index is 0.0246. The molecule has 0 bridgehead atoms. The van der Waals surface area contributed by atoms with E-state index in [4.69, 9.17) is 0 Å². The van der Waals surface area contributed by atoms with Gasteiger partial charge in [-0.1, -0.05) is 48.5 Å². The van der Waals surface area contributed by atoms with Crippen molar-refractivity contribution in [3.63, 3.8) is 0 Å². The fraction of sp³-hybridized carbons (Fsp3) is 0.111. The Balaban J connectivity index is 1.92. The summed E-state index contributed by atoms with van der Waals surface area (Å²) < 4.78 is 0. The molecule has 2 aromatic carbocycles. The molecule has 4 heteroatoms. The van der Waals surface area contributed by atoms with Gasteiger partial charge in [0.1, 0.15) is 9.88 Å². The zero-order valence-electron chi connectivity index (χ0n) is 12.5. The van der Waals surface area contributed by atoms with Crippen LogP contribution in [0.15, 0.2) is 60.7 Å². The molecule has 0 atom stereocenters. The number of hydrogen-bond donors (Lipinski definition) is 0. The molecule has 3 nitrogen and oxygen atoms in total. The zero-order valence-corrected chi connectivity index (χ0v) is 13.3. The lowest BCUT2D eigenvalue weighted by atomic mass is 10.2. The van der Waals surface area contributed by atoms with E-state index in [1.807, 2.05) is 67.6 Å². The number of carbonyl (C=O) groups excluding carboxylic acids is 1. The predicted octanol–water partition coefficient (Wildman–Crippen LogP) is 4.40. The number of para-hydroxylation sites is 1. The maximum Gasteiger partial charge on any atom is 0.270 e. The molecular formula is C18H16N2OS. The molecule has 3 rings (SSSR count). The van der Waals surface area contributed by atoms with Crippen LogP contribution in [0.2, 0.25) is 0 Å². The first kappa shape index (κ1) is 14.5. The fourth-order valence-electron chi connectivity index (χ4n) is 2.22. The van der Waals surface area contributed by atoms with Crippen LogP contribution in [-0.2, 0) is 0 Å². The van der Waals surface area contributed by atoms with Crippen LogP contribution in [0.5, 0.6) is 0 Å². The van der Waals surface area contributed by atoms with Crippen LogP contribution in [0.25, 0.3) is 10.6 Å². The zero-order chi connectivity index (χ0) is 15.5. The number of benzene rings is 2. The second-order valence-electron chi connectivity index (χ2n) is 5.00. The van der Waals surface area contributed by atoms with Crippen molar-refractivity contribution in [3.05, 3.63) is 71.2 Å². The third kappa shape index (κ3) is 2.78. The molecule has 1 aromatic heterocycles. The Bertz CT molecular complexity index is 781. The molecule has 0 N–H and O–H groups in total. The monoisotopic (exact) mass is 308 g/mol. The summed E-state index contributed by atoms with van der Waals surface area (Å²) in [6.07, 6.45) is 0. The molecule has 22 heavy (non-hydrogen) atoms. The summed E-state index contributed by atoms with van der Waals surface area (Å²) in [7, 11) is 1.79. The van der Waals surface area contributed by atoms with Gasteiger partial charge in [0.05, 0.1) is 5.69 Å². The van der Waals surface area contributed by atoms with Gasteiger partial charge in [-0.05, 0) is 19.1 Å². The van der Waals surface area contributed by atoms with E-state index in [1.165, 1.54) is 11.3 Å². The first-order valence-corrected chi connectivity index (χ1v) is 7.84. The molecule has 0 aliphatic carbocycles. The molecule has 0 aliphatic heterocycles. The van der Waals surface area contributed by atoms with Gasteiger partial charge in [0.25, 0.3) is 5.91 Å². The van der Waals surface area contributed by atoms with Crippen LogP contribution in [0.3, 0.4) is 0 Å². The fourth-order valence-corrected chi connectivity index (χ4v) is 3.27. The summed E-state index contributed by atoms with van der Waals surface area (Å²) in [4.78, 5) is 19.6. The average molecular weight is 308 g/mol. The molecule has 1 heterocycles. The SMILES string of the molecule is Cc1nc(-c2ccccc2)sc1C(=O)N(C)c1ccccc1. The summed E-state index contributed by atoms with van der Waals surface area (Å²) in [6, 6.07) is 19.6. The highest BCUT2D eigenvalue weighted by Gasteiger charge is 2.20. The van der Waals surface area contributed by atoms with E-state index in [2.05, 4.69) is 4.98 Å². The van der Waals surface area contributed by atoms with Gasteiger partial charge >= 0.3 is 0 Å². The first-order chi connectivity index (χ1) is 10.7. The van der Waals surface area contributed by atoms with Crippen molar-refractivity contribution in [2.75, 3.05) is 11.9 Å². The van der Waals surface area contributed by atoms with Crippen molar-refractivity contribution in [3.8, 4) is 10.6 Å². The van der Waals surface area contributed by atoms with E-state index in [1.54, 1.807) is 11.9 Å². The summed E-state index contributed by atoms with van der Waals surface area (Å²) in [5, 5.41) is 0.878. The Morgan fingerprint density at radius 3 is 2.23 bits per heavy atom. The molecular weight excluding hydrogens is 292 g/mol. The average Bonchev–Trinajstić information content (AvgIpc) is 2.97. The van der Waals surface area contributed by atoms with Gasteiger partial charge in [-0.3, -0.25) is 4.79 Å². The number of hydrogen-bond acceptors (Lipinski definition) is 3. The number of aryl methyl sites for hydroxylation is 1. The van der Waals surface area contributed by atoms with Crippen molar-refractivity contribution in [1.29, 1.82) is 0 Å². The van der Waals surface area contributed by atoms with Crippen molar-refractivity contribution < 1.29 is 4.79 Å². The third-order valence-electron chi connectivity index (χ3n) is 3.46. The standard InChI is InChI=1S/C18H16N2OS/c1-13-16(18(21)20(2)15-11-7-4-8-12-15)22-17(19-13)14-9-5-3-6-10-14/h3-12H,1-2H3. The molecule has 0 saturated carbocycles. The lowest BCUT2D eigenvalue weighted by Crippen LogP contribution is -2.25. The van der Waals surface area contributed by atoms with Gasteiger partial charge in [0.2, 0.25) is 0 Å². The van der Waals surface area contributed by atoms with E-state index in [9.17, 15) is 4.79 Å². The van der Waals surface area contributed by atoms with E-state index in [0.717, 1.165) is 22.0 Å². The molecule has 3 aromatic rings. The molecule has 0 radical (unpaired) electrons. The predicted molar refractivity (Wildman–Crippen MR) is 91.5 cm³/mol. The molecule has 110 valence electrons.